The zero-order valence-electron chi connectivity index (χ0n) is 34.2. The van der Waals surface area contributed by atoms with E-state index in [1.54, 1.807) is 0 Å². The van der Waals surface area contributed by atoms with Crippen LogP contribution in [0.5, 0.6) is 0 Å². The van der Waals surface area contributed by atoms with Gasteiger partial charge < -0.3 is 40.2 Å². The summed E-state index contributed by atoms with van der Waals surface area (Å²) >= 11 is 1.29. The standard InChI is InChI=1S/C40H71N5O10S/c1-4-7-10-13-16-19-22-34(47)41-31(39(52)42-33-25-45(44-43-33)40-38(51)37(50)32(26-46)55-40)29-56-28-30(54-36(49)24-21-18-15-12-9-6-3)27-53-35(48)23-20-17-14-11-8-5-2/h25,30-32,37-38,40,46,50-51H,4-24,26-29H2,1-3H3,(H,41,47)(H,42,52)/t30-,31-,32?,37-,38-,40+/m1/s1. The van der Waals surface area contributed by atoms with E-state index in [2.05, 4.69) is 41.7 Å². The lowest BCUT2D eigenvalue weighted by Gasteiger charge is -2.21. The Morgan fingerprint density at radius 1 is 0.786 bits per heavy atom. The zero-order valence-corrected chi connectivity index (χ0v) is 35.0. The molecule has 6 atom stereocenters. The topological polar surface area (TPSA) is 211 Å². The maximum absolute atomic E-state index is 13.6. The summed E-state index contributed by atoms with van der Waals surface area (Å²) in [5.74, 6) is -1.18. The van der Waals surface area contributed by atoms with Crippen LogP contribution >= 0.6 is 11.8 Å². The largest absolute Gasteiger partial charge is 0.462 e. The van der Waals surface area contributed by atoms with Crippen molar-refractivity contribution in [2.45, 2.75) is 192 Å². The van der Waals surface area contributed by atoms with E-state index in [-0.39, 0.29) is 54.6 Å². The fourth-order valence-electron chi connectivity index (χ4n) is 6.32. The molecule has 1 aliphatic heterocycles. The first kappa shape index (κ1) is 49.4. The maximum atomic E-state index is 13.6. The van der Waals surface area contributed by atoms with Crippen molar-refractivity contribution < 1.29 is 48.7 Å². The minimum atomic E-state index is -1.38. The van der Waals surface area contributed by atoms with Crippen LogP contribution in [0.3, 0.4) is 0 Å². The lowest BCUT2D eigenvalue weighted by molar-refractivity contribution is -0.157. The summed E-state index contributed by atoms with van der Waals surface area (Å²) < 4.78 is 18.0. The number of aromatic nitrogens is 3. The number of amides is 2. The number of aliphatic hydroxyl groups is 3. The summed E-state index contributed by atoms with van der Waals surface area (Å²) in [7, 11) is 0. The zero-order chi connectivity index (χ0) is 41.0. The van der Waals surface area contributed by atoms with Gasteiger partial charge in [-0.15, -0.1) is 5.10 Å². The molecule has 1 aromatic heterocycles. The van der Waals surface area contributed by atoms with E-state index in [4.69, 9.17) is 14.2 Å². The van der Waals surface area contributed by atoms with Gasteiger partial charge in [0, 0.05) is 30.8 Å². The highest BCUT2D eigenvalue weighted by atomic mass is 32.2. The van der Waals surface area contributed by atoms with Gasteiger partial charge in [-0.1, -0.05) is 122 Å². The van der Waals surface area contributed by atoms with Crippen LogP contribution in [0.25, 0.3) is 0 Å². The van der Waals surface area contributed by atoms with Gasteiger partial charge in [0.25, 0.3) is 0 Å². The molecule has 1 aromatic rings. The Labute approximate surface area is 338 Å². The van der Waals surface area contributed by atoms with E-state index in [1.807, 2.05) is 0 Å². The molecule has 56 heavy (non-hydrogen) atoms. The molecule has 1 unspecified atom stereocenters. The summed E-state index contributed by atoms with van der Waals surface area (Å²) in [6.07, 6.45) is 15.0. The lowest BCUT2D eigenvalue weighted by atomic mass is 10.1. The van der Waals surface area contributed by atoms with Crippen LogP contribution in [0.15, 0.2) is 6.20 Å². The van der Waals surface area contributed by atoms with Gasteiger partial charge >= 0.3 is 11.9 Å². The van der Waals surface area contributed by atoms with Gasteiger partial charge in [-0.2, -0.15) is 11.8 Å². The van der Waals surface area contributed by atoms with E-state index in [1.165, 1.54) is 30.8 Å². The third kappa shape index (κ3) is 20.6. The second-order valence-corrected chi connectivity index (χ2v) is 15.9. The summed E-state index contributed by atoms with van der Waals surface area (Å²) in [4.78, 5) is 52.0. The molecular formula is C40H71N5O10S. The highest BCUT2D eigenvalue weighted by Gasteiger charge is 2.44. The molecular weight excluding hydrogens is 743 g/mol. The number of hydrogen-bond donors (Lipinski definition) is 5. The molecule has 0 saturated carbocycles. The van der Waals surface area contributed by atoms with E-state index in [0.717, 1.165) is 94.6 Å². The average Bonchev–Trinajstić information content (AvgIpc) is 3.76. The van der Waals surface area contributed by atoms with Gasteiger partial charge in [-0.25, -0.2) is 4.68 Å². The van der Waals surface area contributed by atoms with Crippen molar-refractivity contribution in [1.29, 1.82) is 0 Å². The quantitative estimate of drug-likeness (QED) is 0.0423. The third-order valence-corrected chi connectivity index (χ3v) is 10.9. The molecule has 0 aromatic carbocycles. The first-order valence-corrected chi connectivity index (χ1v) is 22.4. The molecule has 1 fully saturated rings. The van der Waals surface area contributed by atoms with E-state index in [9.17, 15) is 34.5 Å². The van der Waals surface area contributed by atoms with Gasteiger partial charge in [0.15, 0.2) is 12.0 Å². The average molecular weight is 814 g/mol. The number of hydrogen-bond acceptors (Lipinski definition) is 13. The minimum Gasteiger partial charge on any atom is -0.462 e. The minimum absolute atomic E-state index is 0.0201. The monoisotopic (exact) mass is 813 g/mol. The van der Waals surface area contributed by atoms with Crippen LogP contribution in [0.1, 0.15) is 162 Å². The SMILES string of the molecule is CCCCCCCCC(=O)N[C@H](CSC[C@@H](COC(=O)CCCCCCCC)OC(=O)CCCCCCCC)C(=O)Nc1cn([C@H]2OC(CO)[C@@H](O)[C@H]2O)nn1. The van der Waals surface area contributed by atoms with Crippen LogP contribution in [-0.2, 0) is 33.4 Å². The number of carbonyl (C=O) groups excluding carboxylic acids is 4. The Bertz CT molecular complexity index is 1240. The molecule has 322 valence electrons. The lowest BCUT2D eigenvalue weighted by Crippen LogP contribution is -2.45. The van der Waals surface area contributed by atoms with Crippen molar-refractivity contribution in [3.63, 3.8) is 0 Å². The molecule has 2 rings (SSSR count). The summed E-state index contributed by atoms with van der Waals surface area (Å²) in [6, 6.07) is -0.999. The number of esters is 2. The number of thioether (sulfide) groups is 1. The summed E-state index contributed by atoms with van der Waals surface area (Å²) in [5.41, 5.74) is 0. The first-order valence-electron chi connectivity index (χ1n) is 21.2. The number of nitrogens with zero attached hydrogens (tertiary/aromatic N) is 3. The molecule has 0 bridgehead atoms. The number of nitrogens with one attached hydrogen (secondary N) is 2. The van der Waals surface area contributed by atoms with Crippen molar-refractivity contribution in [2.75, 3.05) is 30.0 Å². The molecule has 0 spiro atoms. The van der Waals surface area contributed by atoms with E-state index in [0.29, 0.717) is 19.3 Å². The van der Waals surface area contributed by atoms with E-state index >= 15 is 0 Å². The first-order chi connectivity index (χ1) is 27.1. The maximum Gasteiger partial charge on any atom is 0.306 e. The molecule has 0 radical (unpaired) electrons. The van der Waals surface area contributed by atoms with Crippen molar-refractivity contribution in [3.8, 4) is 0 Å². The molecule has 0 aliphatic carbocycles. The van der Waals surface area contributed by atoms with Crippen molar-refractivity contribution in [1.82, 2.24) is 20.3 Å². The summed E-state index contributed by atoms with van der Waals surface area (Å²) in [5, 5.41) is 43.3. The predicted octanol–water partition coefficient (Wildman–Crippen LogP) is 5.75. The summed E-state index contributed by atoms with van der Waals surface area (Å²) in [6.45, 7) is 5.85. The second-order valence-electron chi connectivity index (χ2n) is 14.8. The van der Waals surface area contributed by atoms with Crippen molar-refractivity contribution >= 4 is 41.3 Å². The van der Waals surface area contributed by atoms with Gasteiger partial charge in [-0.3, -0.25) is 19.2 Å². The predicted molar refractivity (Wildman–Crippen MR) is 216 cm³/mol. The molecule has 2 heterocycles. The van der Waals surface area contributed by atoms with Crippen molar-refractivity contribution in [2.24, 2.45) is 0 Å². The van der Waals surface area contributed by atoms with Crippen LogP contribution in [-0.4, -0.2) is 109 Å². The number of anilines is 1. The molecule has 1 saturated heterocycles. The van der Waals surface area contributed by atoms with Crippen LogP contribution in [0.2, 0.25) is 0 Å². The Morgan fingerprint density at radius 3 is 1.91 bits per heavy atom. The van der Waals surface area contributed by atoms with Gasteiger partial charge in [-0.05, 0) is 19.3 Å². The fourth-order valence-corrected chi connectivity index (χ4v) is 7.35. The smallest absolute Gasteiger partial charge is 0.306 e. The number of carbonyl (C=O) groups is 4. The normalized spacial score (nSPS) is 19.0. The van der Waals surface area contributed by atoms with Crippen LogP contribution in [0.4, 0.5) is 5.82 Å². The number of unbranched alkanes of at least 4 members (excludes halogenated alkanes) is 15. The Morgan fingerprint density at radius 2 is 1.34 bits per heavy atom. The Hall–Kier alpha value is -2.79. The number of aliphatic hydroxyl groups excluding tert-OH is 3. The molecule has 1 aliphatic rings. The van der Waals surface area contributed by atoms with Gasteiger partial charge in [0.2, 0.25) is 11.8 Å². The molecule has 15 nitrogen and oxygen atoms in total. The van der Waals surface area contributed by atoms with E-state index < -0.39 is 49.2 Å². The Balaban J connectivity index is 2.05. The van der Waals surface area contributed by atoms with Crippen LogP contribution < -0.4 is 10.6 Å². The third-order valence-electron chi connectivity index (χ3n) is 9.73. The fraction of sp³-hybridized carbons (Fsp3) is 0.850. The highest BCUT2D eigenvalue weighted by Crippen LogP contribution is 2.29. The van der Waals surface area contributed by atoms with Gasteiger partial charge in [0.05, 0.1) is 12.8 Å². The number of rotatable bonds is 33. The van der Waals surface area contributed by atoms with Crippen LogP contribution in [0, 0.1) is 0 Å². The second kappa shape index (κ2) is 30.3. The number of ether oxygens (including phenoxy) is 3. The molecule has 5 N–H and O–H groups in total. The molecule has 2 amide bonds. The Kier molecular flexibility index (Phi) is 26.7. The van der Waals surface area contributed by atoms with Gasteiger partial charge in [0.1, 0.15) is 37.1 Å². The molecule has 16 heteroatoms. The highest BCUT2D eigenvalue weighted by molar-refractivity contribution is 7.99. The van der Waals surface area contributed by atoms with Crippen molar-refractivity contribution in [3.05, 3.63) is 6.20 Å².